The molecule has 0 bridgehead atoms. The van der Waals surface area contributed by atoms with Crippen LogP contribution in [-0.2, 0) is 9.47 Å². The smallest absolute Gasteiger partial charge is 0.0977 e. The number of rotatable bonds is 4. The quantitative estimate of drug-likeness (QED) is 0.728. The van der Waals surface area contributed by atoms with Crippen LogP contribution in [0.4, 0.5) is 0 Å². The highest BCUT2D eigenvalue weighted by Gasteiger charge is 2.60. The summed E-state index contributed by atoms with van der Waals surface area (Å²) < 4.78 is 12.4. The largest absolute Gasteiger partial charge is 0.372 e. The van der Waals surface area contributed by atoms with Gasteiger partial charge in [0.15, 0.2) is 0 Å². The summed E-state index contributed by atoms with van der Waals surface area (Å²) in [6, 6.07) is 0. The van der Waals surface area contributed by atoms with Gasteiger partial charge in [-0.2, -0.15) is 0 Å². The fraction of sp³-hybridized carbons (Fsp3) is 1.00. The van der Waals surface area contributed by atoms with Gasteiger partial charge in [0.05, 0.1) is 23.4 Å². The maximum absolute atomic E-state index is 6.31. The van der Waals surface area contributed by atoms with Crippen molar-refractivity contribution in [1.29, 1.82) is 0 Å². The van der Waals surface area contributed by atoms with Gasteiger partial charge in [-0.05, 0) is 25.7 Å². The highest BCUT2D eigenvalue weighted by atomic mass is 16.6. The minimum atomic E-state index is 0.0675. The lowest BCUT2D eigenvalue weighted by atomic mass is 9.72. The lowest BCUT2D eigenvalue weighted by molar-refractivity contribution is -0.272. The van der Waals surface area contributed by atoms with Crippen LogP contribution in [-0.4, -0.2) is 23.4 Å². The standard InChI is InChI=1S/C14H26O2/c1-5-12(6-2)9-14(11-15-12)10-13(7-3,8-4)16-14/h5-11H2,1-4H3. The summed E-state index contributed by atoms with van der Waals surface area (Å²) in [6.07, 6.45) is 6.80. The number of hydrogen-bond acceptors (Lipinski definition) is 2. The monoisotopic (exact) mass is 226 g/mol. The third-order valence-electron chi connectivity index (χ3n) is 4.94. The molecule has 2 fully saturated rings. The van der Waals surface area contributed by atoms with Crippen molar-refractivity contribution in [3.05, 3.63) is 0 Å². The van der Waals surface area contributed by atoms with Gasteiger partial charge in [0.25, 0.3) is 0 Å². The molecule has 16 heavy (non-hydrogen) atoms. The van der Waals surface area contributed by atoms with E-state index in [0.29, 0.717) is 0 Å². The molecule has 0 N–H and O–H groups in total. The number of ether oxygens (including phenoxy) is 2. The van der Waals surface area contributed by atoms with Crippen LogP contribution in [0.2, 0.25) is 0 Å². The van der Waals surface area contributed by atoms with Crippen molar-refractivity contribution in [1.82, 2.24) is 0 Å². The van der Waals surface area contributed by atoms with Gasteiger partial charge in [0.2, 0.25) is 0 Å². The predicted molar refractivity (Wildman–Crippen MR) is 65.6 cm³/mol. The van der Waals surface area contributed by atoms with E-state index in [2.05, 4.69) is 27.7 Å². The molecule has 2 nitrogen and oxygen atoms in total. The Bertz CT molecular complexity index is 243. The Labute approximate surface area is 99.7 Å². The predicted octanol–water partition coefficient (Wildman–Crippen LogP) is 3.68. The van der Waals surface area contributed by atoms with E-state index in [1.807, 2.05) is 0 Å². The molecule has 1 unspecified atom stereocenters. The van der Waals surface area contributed by atoms with Crippen LogP contribution in [0, 0.1) is 0 Å². The highest BCUT2D eigenvalue weighted by Crippen LogP contribution is 2.54. The van der Waals surface area contributed by atoms with Gasteiger partial charge >= 0.3 is 0 Å². The molecule has 2 heteroatoms. The van der Waals surface area contributed by atoms with Crippen LogP contribution in [0.5, 0.6) is 0 Å². The van der Waals surface area contributed by atoms with Crippen LogP contribution in [0.15, 0.2) is 0 Å². The fourth-order valence-electron chi connectivity index (χ4n) is 3.54. The topological polar surface area (TPSA) is 18.5 Å². The molecule has 0 radical (unpaired) electrons. The van der Waals surface area contributed by atoms with E-state index >= 15 is 0 Å². The molecule has 1 atom stereocenters. The average molecular weight is 226 g/mol. The van der Waals surface area contributed by atoms with Crippen molar-refractivity contribution in [2.45, 2.75) is 83.0 Å². The first-order chi connectivity index (χ1) is 7.57. The van der Waals surface area contributed by atoms with Gasteiger partial charge in [-0.25, -0.2) is 0 Å². The van der Waals surface area contributed by atoms with Crippen molar-refractivity contribution in [2.24, 2.45) is 0 Å². The SMILES string of the molecule is CCC1(CC)CC2(CO1)CC(CC)(CC)O2. The summed E-state index contributed by atoms with van der Waals surface area (Å²) in [5, 5.41) is 0. The molecular formula is C14H26O2. The van der Waals surface area contributed by atoms with Gasteiger partial charge in [-0.15, -0.1) is 0 Å². The second-order valence-corrected chi connectivity index (χ2v) is 5.71. The van der Waals surface area contributed by atoms with E-state index in [1.54, 1.807) is 0 Å². The molecule has 0 aliphatic carbocycles. The molecule has 0 aromatic rings. The van der Waals surface area contributed by atoms with Crippen molar-refractivity contribution in [2.75, 3.05) is 6.61 Å². The Hall–Kier alpha value is -0.0800. The summed E-state index contributed by atoms with van der Waals surface area (Å²) in [5.74, 6) is 0. The molecule has 2 saturated heterocycles. The van der Waals surface area contributed by atoms with Crippen LogP contribution in [0.25, 0.3) is 0 Å². The van der Waals surface area contributed by atoms with Crippen LogP contribution >= 0.6 is 0 Å². The van der Waals surface area contributed by atoms with Gasteiger partial charge in [0, 0.05) is 12.8 Å². The molecule has 94 valence electrons. The molecule has 2 aliphatic heterocycles. The first kappa shape index (κ1) is 12.4. The Morgan fingerprint density at radius 1 is 0.812 bits per heavy atom. The van der Waals surface area contributed by atoms with E-state index in [4.69, 9.17) is 9.47 Å². The van der Waals surface area contributed by atoms with Crippen LogP contribution in [0.1, 0.15) is 66.2 Å². The zero-order valence-corrected chi connectivity index (χ0v) is 11.3. The molecule has 0 aromatic carbocycles. The molecule has 1 spiro atoms. The summed E-state index contributed by atoms with van der Waals surface area (Å²) in [4.78, 5) is 0. The third kappa shape index (κ3) is 1.70. The highest BCUT2D eigenvalue weighted by molar-refractivity contribution is 5.09. The minimum Gasteiger partial charge on any atom is -0.372 e. The van der Waals surface area contributed by atoms with E-state index in [0.717, 1.165) is 38.7 Å². The second-order valence-electron chi connectivity index (χ2n) is 5.71. The fourth-order valence-corrected chi connectivity index (χ4v) is 3.54. The third-order valence-corrected chi connectivity index (χ3v) is 4.94. The Balaban J connectivity index is 2.00. The lowest BCUT2D eigenvalue weighted by Gasteiger charge is -2.54. The molecule has 0 amide bonds. The maximum atomic E-state index is 6.31. The number of hydrogen-bond donors (Lipinski definition) is 0. The zero-order chi connectivity index (χ0) is 11.9. The van der Waals surface area contributed by atoms with Gasteiger partial charge < -0.3 is 9.47 Å². The Morgan fingerprint density at radius 3 is 1.69 bits per heavy atom. The zero-order valence-electron chi connectivity index (χ0n) is 11.3. The molecule has 0 saturated carbocycles. The van der Waals surface area contributed by atoms with E-state index < -0.39 is 0 Å². The van der Waals surface area contributed by atoms with Crippen molar-refractivity contribution < 1.29 is 9.47 Å². The first-order valence-electron chi connectivity index (χ1n) is 6.91. The van der Waals surface area contributed by atoms with Gasteiger partial charge in [-0.3, -0.25) is 0 Å². The van der Waals surface area contributed by atoms with Gasteiger partial charge in [0.1, 0.15) is 0 Å². The summed E-state index contributed by atoms with van der Waals surface area (Å²) in [5.41, 5.74) is 0.340. The van der Waals surface area contributed by atoms with E-state index in [1.165, 1.54) is 6.42 Å². The maximum Gasteiger partial charge on any atom is 0.0977 e. The Morgan fingerprint density at radius 2 is 1.31 bits per heavy atom. The molecule has 2 aliphatic rings. The normalized spacial score (nSPS) is 35.2. The Kier molecular flexibility index (Phi) is 3.09. The van der Waals surface area contributed by atoms with Crippen molar-refractivity contribution in [3.8, 4) is 0 Å². The first-order valence-corrected chi connectivity index (χ1v) is 6.91. The van der Waals surface area contributed by atoms with Gasteiger partial charge in [-0.1, -0.05) is 27.7 Å². The summed E-state index contributed by atoms with van der Waals surface area (Å²) in [7, 11) is 0. The molecule has 0 aromatic heterocycles. The van der Waals surface area contributed by atoms with Crippen LogP contribution in [0.3, 0.4) is 0 Å². The minimum absolute atomic E-state index is 0.0675. The molecule has 2 heterocycles. The van der Waals surface area contributed by atoms with Crippen molar-refractivity contribution in [3.63, 3.8) is 0 Å². The summed E-state index contributed by atoms with van der Waals surface area (Å²) >= 11 is 0. The van der Waals surface area contributed by atoms with E-state index in [9.17, 15) is 0 Å². The second kappa shape index (κ2) is 3.99. The lowest BCUT2D eigenvalue weighted by Crippen LogP contribution is -2.60. The molecular weight excluding hydrogens is 200 g/mol. The average Bonchev–Trinajstić information content (AvgIpc) is 2.67. The van der Waals surface area contributed by atoms with Crippen LogP contribution < -0.4 is 0 Å². The van der Waals surface area contributed by atoms with Crippen molar-refractivity contribution >= 4 is 0 Å². The van der Waals surface area contributed by atoms with E-state index in [-0.39, 0.29) is 16.8 Å². The molecule has 2 rings (SSSR count). The summed E-state index contributed by atoms with van der Waals surface area (Å²) in [6.45, 7) is 9.75.